The molecule has 4 heteroatoms. The number of methoxy groups -OCH3 is 1. The zero-order valence-corrected chi connectivity index (χ0v) is 11.3. The Morgan fingerprint density at radius 3 is 3.00 bits per heavy atom. The van der Waals surface area contributed by atoms with Gasteiger partial charge < -0.3 is 20.7 Å². The average molecular weight is 249 g/mol. The molecule has 100 valence electrons. The third-order valence-electron chi connectivity index (χ3n) is 3.74. The van der Waals surface area contributed by atoms with Gasteiger partial charge in [-0.15, -0.1) is 0 Å². The van der Waals surface area contributed by atoms with Crippen molar-refractivity contribution in [3.63, 3.8) is 0 Å². The van der Waals surface area contributed by atoms with Gasteiger partial charge in [-0.2, -0.15) is 0 Å². The lowest BCUT2D eigenvalue weighted by Crippen LogP contribution is -2.40. The van der Waals surface area contributed by atoms with E-state index in [1.54, 1.807) is 7.11 Å². The van der Waals surface area contributed by atoms with Crippen LogP contribution in [0.2, 0.25) is 0 Å². The molecule has 1 aromatic rings. The molecule has 1 saturated heterocycles. The molecule has 0 spiro atoms. The number of para-hydroxylation sites is 1. The van der Waals surface area contributed by atoms with E-state index in [0.29, 0.717) is 11.7 Å². The first-order chi connectivity index (χ1) is 8.72. The molecular weight excluding hydrogens is 226 g/mol. The van der Waals surface area contributed by atoms with E-state index in [0.717, 1.165) is 18.0 Å². The topological polar surface area (TPSA) is 50.5 Å². The molecule has 4 nitrogen and oxygen atoms in total. The number of anilines is 2. The minimum absolute atomic E-state index is 0.601. The molecule has 0 aromatic heterocycles. The maximum absolute atomic E-state index is 6.04. The second kappa shape index (κ2) is 5.96. The molecule has 0 bridgehead atoms. The van der Waals surface area contributed by atoms with Crippen LogP contribution in [0.15, 0.2) is 18.2 Å². The Bertz CT molecular complexity index is 395. The van der Waals surface area contributed by atoms with Crippen molar-refractivity contribution >= 4 is 11.4 Å². The van der Waals surface area contributed by atoms with Crippen LogP contribution in [0.25, 0.3) is 0 Å². The Hall–Kier alpha value is -1.42. The van der Waals surface area contributed by atoms with Gasteiger partial charge in [0.15, 0.2) is 0 Å². The monoisotopic (exact) mass is 249 g/mol. The zero-order chi connectivity index (χ0) is 13.0. The lowest BCUT2D eigenvalue weighted by Gasteiger charge is -2.32. The number of rotatable bonds is 4. The van der Waals surface area contributed by atoms with Gasteiger partial charge in [0.1, 0.15) is 5.75 Å². The second-order valence-corrected chi connectivity index (χ2v) is 4.93. The van der Waals surface area contributed by atoms with Crippen LogP contribution in [0.5, 0.6) is 5.75 Å². The fourth-order valence-electron chi connectivity index (χ4n) is 2.51. The molecule has 0 amide bonds. The molecule has 1 aliphatic rings. The third kappa shape index (κ3) is 2.88. The largest absolute Gasteiger partial charge is 0.495 e. The summed E-state index contributed by atoms with van der Waals surface area (Å²) in [6.45, 7) is 2.13. The number of ether oxygens (including phenoxy) is 1. The predicted molar refractivity (Wildman–Crippen MR) is 76.2 cm³/mol. The van der Waals surface area contributed by atoms with E-state index < -0.39 is 0 Å². The van der Waals surface area contributed by atoms with Crippen LogP contribution < -0.4 is 15.8 Å². The highest BCUT2D eigenvalue weighted by Crippen LogP contribution is 2.29. The van der Waals surface area contributed by atoms with Crippen LogP contribution in [-0.4, -0.2) is 38.2 Å². The summed E-state index contributed by atoms with van der Waals surface area (Å²) in [5.74, 6) is 0.733. The Balaban J connectivity index is 1.97. The molecular formula is C14H23N3O. The van der Waals surface area contributed by atoms with Crippen LogP contribution in [0.4, 0.5) is 11.4 Å². The standard InChI is InChI=1S/C14H23N3O/c1-17-9-4-3-6-11(17)10-16-12-7-5-8-13(18-2)14(12)15/h5,7-8,11,16H,3-4,6,9-10,15H2,1-2H3. The molecule has 1 aromatic carbocycles. The van der Waals surface area contributed by atoms with Crippen molar-refractivity contribution < 1.29 is 4.74 Å². The first-order valence-corrected chi connectivity index (χ1v) is 6.59. The number of likely N-dealkylation sites (tertiary alicyclic amines) is 1. The van der Waals surface area contributed by atoms with E-state index in [9.17, 15) is 0 Å². The second-order valence-electron chi connectivity index (χ2n) is 4.93. The van der Waals surface area contributed by atoms with Gasteiger partial charge >= 0.3 is 0 Å². The molecule has 1 unspecified atom stereocenters. The first-order valence-electron chi connectivity index (χ1n) is 6.59. The zero-order valence-electron chi connectivity index (χ0n) is 11.3. The van der Waals surface area contributed by atoms with Crippen molar-refractivity contribution in [2.24, 2.45) is 0 Å². The highest BCUT2D eigenvalue weighted by atomic mass is 16.5. The molecule has 3 N–H and O–H groups in total. The van der Waals surface area contributed by atoms with E-state index in [2.05, 4.69) is 17.3 Å². The molecule has 1 heterocycles. The molecule has 0 saturated carbocycles. The molecule has 1 fully saturated rings. The Labute approximate surface area is 109 Å². The van der Waals surface area contributed by atoms with Crippen LogP contribution in [0, 0.1) is 0 Å². The first kappa shape index (κ1) is 13.0. The normalized spacial score (nSPS) is 20.7. The number of nitrogens with two attached hydrogens (primary N) is 1. The van der Waals surface area contributed by atoms with Gasteiger partial charge in [-0.25, -0.2) is 0 Å². The summed E-state index contributed by atoms with van der Waals surface area (Å²) in [4.78, 5) is 2.42. The van der Waals surface area contributed by atoms with E-state index in [1.807, 2.05) is 18.2 Å². The SMILES string of the molecule is COc1cccc(NCC2CCCCN2C)c1N. The van der Waals surface area contributed by atoms with Crippen molar-refractivity contribution in [1.29, 1.82) is 0 Å². The summed E-state index contributed by atoms with van der Waals surface area (Å²) in [5.41, 5.74) is 7.70. The molecule has 18 heavy (non-hydrogen) atoms. The summed E-state index contributed by atoms with van der Waals surface area (Å²) >= 11 is 0. The molecule has 1 atom stereocenters. The number of nitrogens with zero attached hydrogens (tertiary/aromatic N) is 1. The van der Waals surface area contributed by atoms with Gasteiger partial charge in [-0.3, -0.25) is 0 Å². The van der Waals surface area contributed by atoms with Gasteiger partial charge in [0.2, 0.25) is 0 Å². The number of benzene rings is 1. The number of hydrogen-bond acceptors (Lipinski definition) is 4. The number of piperidine rings is 1. The maximum atomic E-state index is 6.04. The van der Waals surface area contributed by atoms with E-state index >= 15 is 0 Å². The van der Waals surface area contributed by atoms with Gasteiger partial charge in [0, 0.05) is 12.6 Å². The van der Waals surface area contributed by atoms with Crippen LogP contribution in [0.3, 0.4) is 0 Å². The van der Waals surface area contributed by atoms with Gasteiger partial charge in [-0.1, -0.05) is 12.5 Å². The number of nitrogen functional groups attached to an aromatic ring is 1. The smallest absolute Gasteiger partial charge is 0.143 e. The Morgan fingerprint density at radius 1 is 1.44 bits per heavy atom. The predicted octanol–water partition coefficient (Wildman–Crippen LogP) is 2.17. The summed E-state index contributed by atoms with van der Waals surface area (Å²) in [5, 5.41) is 3.44. The number of nitrogens with one attached hydrogen (secondary N) is 1. The Kier molecular flexibility index (Phi) is 4.31. The Morgan fingerprint density at radius 2 is 2.28 bits per heavy atom. The van der Waals surface area contributed by atoms with Crippen molar-refractivity contribution in [2.75, 3.05) is 38.3 Å². The minimum Gasteiger partial charge on any atom is -0.495 e. The highest BCUT2D eigenvalue weighted by molar-refractivity contribution is 5.72. The van der Waals surface area contributed by atoms with E-state index in [4.69, 9.17) is 10.5 Å². The van der Waals surface area contributed by atoms with Crippen molar-refractivity contribution in [3.8, 4) is 5.75 Å². The van der Waals surface area contributed by atoms with Crippen LogP contribution in [-0.2, 0) is 0 Å². The lowest BCUT2D eigenvalue weighted by atomic mass is 10.0. The van der Waals surface area contributed by atoms with Crippen LogP contribution in [0.1, 0.15) is 19.3 Å². The summed E-state index contributed by atoms with van der Waals surface area (Å²) in [6, 6.07) is 6.44. The van der Waals surface area contributed by atoms with Crippen molar-refractivity contribution in [1.82, 2.24) is 4.90 Å². The summed E-state index contributed by atoms with van der Waals surface area (Å²) in [7, 11) is 3.84. The third-order valence-corrected chi connectivity index (χ3v) is 3.74. The van der Waals surface area contributed by atoms with Gasteiger partial charge in [0.05, 0.1) is 18.5 Å². The molecule has 2 rings (SSSR count). The van der Waals surface area contributed by atoms with E-state index in [1.165, 1.54) is 25.8 Å². The van der Waals surface area contributed by atoms with Crippen molar-refractivity contribution in [2.45, 2.75) is 25.3 Å². The maximum Gasteiger partial charge on any atom is 0.143 e. The van der Waals surface area contributed by atoms with Gasteiger partial charge in [-0.05, 0) is 38.6 Å². The summed E-state index contributed by atoms with van der Waals surface area (Å²) in [6.07, 6.45) is 3.89. The average Bonchev–Trinajstić information content (AvgIpc) is 2.39. The number of hydrogen-bond donors (Lipinski definition) is 2. The van der Waals surface area contributed by atoms with E-state index in [-0.39, 0.29) is 0 Å². The van der Waals surface area contributed by atoms with Crippen LogP contribution >= 0.6 is 0 Å². The van der Waals surface area contributed by atoms with Gasteiger partial charge in [0.25, 0.3) is 0 Å². The lowest BCUT2D eigenvalue weighted by molar-refractivity contribution is 0.194. The fraction of sp³-hybridized carbons (Fsp3) is 0.571. The number of likely N-dealkylation sites (N-methyl/N-ethyl adjacent to an activating group) is 1. The quantitative estimate of drug-likeness (QED) is 0.803. The summed E-state index contributed by atoms with van der Waals surface area (Å²) < 4.78 is 5.22. The molecule has 0 radical (unpaired) electrons. The van der Waals surface area contributed by atoms with Crippen molar-refractivity contribution in [3.05, 3.63) is 18.2 Å². The highest BCUT2D eigenvalue weighted by Gasteiger charge is 2.18. The fourth-order valence-corrected chi connectivity index (χ4v) is 2.51. The molecule has 1 aliphatic heterocycles. The molecule has 0 aliphatic carbocycles. The minimum atomic E-state index is 0.601.